The van der Waals surface area contributed by atoms with Gasteiger partial charge in [0.05, 0.1) is 5.69 Å². The summed E-state index contributed by atoms with van der Waals surface area (Å²) in [6.07, 6.45) is 2.20. The normalized spacial score (nSPS) is 10.8. The van der Waals surface area contributed by atoms with Gasteiger partial charge in [-0.05, 0) is 32.0 Å². The van der Waals surface area contributed by atoms with Crippen molar-refractivity contribution in [1.29, 1.82) is 0 Å². The summed E-state index contributed by atoms with van der Waals surface area (Å²) in [5, 5.41) is 4.54. The molecule has 0 unspecified atom stereocenters. The van der Waals surface area contributed by atoms with Crippen LogP contribution in [0.5, 0.6) is 0 Å². The number of aryl methyl sites for hydroxylation is 1. The highest BCUT2D eigenvalue weighted by atomic mass is 32.1. The molecule has 1 aromatic heterocycles. The van der Waals surface area contributed by atoms with E-state index in [4.69, 9.17) is 4.98 Å². The van der Waals surface area contributed by atoms with E-state index >= 15 is 0 Å². The molecule has 0 aliphatic carbocycles. The first kappa shape index (κ1) is 16.0. The molecular formula is C17H25N3S. The zero-order valence-corrected chi connectivity index (χ0v) is 14.0. The fourth-order valence-corrected chi connectivity index (χ4v) is 3.49. The number of benzene rings is 1. The minimum Gasteiger partial charge on any atom is -0.318 e. The molecule has 3 nitrogen and oxygen atoms in total. The van der Waals surface area contributed by atoms with Crippen LogP contribution < -0.4 is 10.2 Å². The van der Waals surface area contributed by atoms with Gasteiger partial charge >= 0.3 is 0 Å². The molecule has 0 bridgehead atoms. The number of hydrogen-bond donors (Lipinski definition) is 1. The Morgan fingerprint density at radius 3 is 2.52 bits per heavy atom. The highest BCUT2D eigenvalue weighted by Gasteiger charge is 2.15. The zero-order chi connectivity index (χ0) is 15.1. The van der Waals surface area contributed by atoms with Gasteiger partial charge in [-0.15, -0.1) is 0 Å². The smallest absolute Gasteiger partial charge is 0.190 e. The maximum Gasteiger partial charge on any atom is 0.190 e. The molecule has 4 heteroatoms. The van der Waals surface area contributed by atoms with Crippen molar-refractivity contribution in [2.45, 2.75) is 40.2 Å². The Bertz CT molecular complexity index is 536. The molecule has 1 heterocycles. The molecule has 0 atom stereocenters. The van der Waals surface area contributed by atoms with E-state index in [1.807, 2.05) is 11.3 Å². The van der Waals surface area contributed by atoms with Crippen molar-refractivity contribution in [3.63, 3.8) is 0 Å². The average Bonchev–Trinajstić information content (AvgIpc) is 2.90. The number of anilines is 2. The summed E-state index contributed by atoms with van der Waals surface area (Å²) in [7, 11) is 0. The van der Waals surface area contributed by atoms with Gasteiger partial charge in [-0.2, -0.15) is 0 Å². The lowest BCUT2D eigenvalue weighted by Crippen LogP contribution is -2.15. The van der Waals surface area contributed by atoms with Crippen LogP contribution in [0.25, 0.3) is 0 Å². The van der Waals surface area contributed by atoms with Crippen LogP contribution in [-0.4, -0.2) is 18.1 Å². The second kappa shape index (κ2) is 8.15. The summed E-state index contributed by atoms with van der Waals surface area (Å²) in [4.78, 5) is 8.57. The maximum atomic E-state index is 4.90. The molecule has 21 heavy (non-hydrogen) atoms. The first-order valence-corrected chi connectivity index (χ1v) is 8.63. The fourth-order valence-electron chi connectivity index (χ4n) is 2.33. The van der Waals surface area contributed by atoms with E-state index in [1.54, 1.807) is 0 Å². The van der Waals surface area contributed by atoms with Crippen molar-refractivity contribution in [2.24, 2.45) is 0 Å². The number of rotatable bonds is 8. The van der Waals surface area contributed by atoms with E-state index in [9.17, 15) is 0 Å². The number of thiazole rings is 1. The third-order valence-corrected chi connectivity index (χ3v) is 4.52. The molecule has 0 saturated carbocycles. The Morgan fingerprint density at radius 1 is 1.14 bits per heavy atom. The standard InChI is InChI=1S/C17H25N3S/c1-4-10-15-16(13-18-5-2)21-17(19-15)20(6-3)14-11-8-7-9-12-14/h7-9,11-12,18H,4-6,10,13H2,1-3H3. The highest BCUT2D eigenvalue weighted by Crippen LogP contribution is 2.32. The van der Waals surface area contributed by atoms with Gasteiger partial charge in [0, 0.05) is 23.7 Å². The van der Waals surface area contributed by atoms with Crippen molar-refractivity contribution < 1.29 is 0 Å². The number of aromatic nitrogens is 1. The Hall–Kier alpha value is -1.39. The third-order valence-electron chi connectivity index (χ3n) is 3.40. The molecule has 2 rings (SSSR count). The summed E-state index contributed by atoms with van der Waals surface area (Å²) in [6, 6.07) is 10.5. The summed E-state index contributed by atoms with van der Waals surface area (Å²) >= 11 is 1.82. The summed E-state index contributed by atoms with van der Waals surface area (Å²) in [6.45, 7) is 9.39. The Morgan fingerprint density at radius 2 is 1.90 bits per heavy atom. The van der Waals surface area contributed by atoms with Gasteiger partial charge in [0.15, 0.2) is 5.13 Å². The largest absolute Gasteiger partial charge is 0.318 e. The second-order valence-electron chi connectivity index (χ2n) is 4.98. The van der Waals surface area contributed by atoms with Gasteiger partial charge in [-0.3, -0.25) is 0 Å². The topological polar surface area (TPSA) is 28.2 Å². The average molecular weight is 303 g/mol. The lowest BCUT2D eigenvalue weighted by molar-refractivity contribution is 0.723. The quantitative estimate of drug-likeness (QED) is 0.785. The van der Waals surface area contributed by atoms with Crippen molar-refractivity contribution in [3.8, 4) is 0 Å². The molecule has 0 aliphatic heterocycles. The lowest BCUT2D eigenvalue weighted by Gasteiger charge is -2.19. The molecular weight excluding hydrogens is 278 g/mol. The van der Waals surface area contributed by atoms with E-state index in [2.05, 4.69) is 61.3 Å². The highest BCUT2D eigenvalue weighted by molar-refractivity contribution is 7.15. The summed E-state index contributed by atoms with van der Waals surface area (Å²) < 4.78 is 0. The van der Waals surface area contributed by atoms with Crippen LogP contribution in [0.15, 0.2) is 30.3 Å². The van der Waals surface area contributed by atoms with Crippen LogP contribution in [0.1, 0.15) is 37.8 Å². The van der Waals surface area contributed by atoms with Gasteiger partial charge in [0.1, 0.15) is 0 Å². The minimum atomic E-state index is 0.926. The predicted octanol–water partition coefficient (Wildman–Crippen LogP) is 4.36. The van der Waals surface area contributed by atoms with Crippen molar-refractivity contribution in [3.05, 3.63) is 40.9 Å². The second-order valence-corrected chi connectivity index (χ2v) is 6.04. The monoisotopic (exact) mass is 303 g/mol. The first-order chi connectivity index (χ1) is 10.3. The van der Waals surface area contributed by atoms with Gasteiger partial charge in [-0.25, -0.2) is 4.98 Å². The molecule has 0 spiro atoms. The third kappa shape index (κ3) is 4.05. The van der Waals surface area contributed by atoms with Gasteiger partial charge in [0.2, 0.25) is 0 Å². The van der Waals surface area contributed by atoms with Crippen LogP contribution >= 0.6 is 11.3 Å². The molecule has 1 aromatic carbocycles. The van der Waals surface area contributed by atoms with Gasteiger partial charge in [-0.1, -0.05) is 49.8 Å². The van der Waals surface area contributed by atoms with Crippen LogP contribution in [0.3, 0.4) is 0 Å². The predicted molar refractivity (Wildman–Crippen MR) is 92.6 cm³/mol. The molecule has 0 radical (unpaired) electrons. The molecule has 0 amide bonds. The molecule has 0 fully saturated rings. The van der Waals surface area contributed by atoms with Gasteiger partial charge in [0.25, 0.3) is 0 Å². The summed E-state index contributed by atoms with van der Waals surface area (Å²) in [5.41, 5.74) is 2.47. The van der Waals surface area contributed by atoms with E-state index < -0.39 is 0 Å². The van der Waals surface area contributed by atoms with Crippen LogP contribution in [0, 0.1) is 0 Å². The molecule has 0 saturated heterocycles. The van der Waals surface area contributed by atoms with E-state index in [0.717, 1.165) is 37.6 Å². The Labute approximate surface area is 132 Å². The molecule has 0 aliphatic rings. The minimum absolute atomic E-state index is 0.926. The van der Waals surface area contributed by atoms with E-state index in [1.165, 1.54) is 16.3 Å². The first-order valence-electron chi connectivity index (χ1n) is 7.82. The maximum absolute atomic E-state index is 4.90. The molecule has 114 valence electrons. The SMILES string of the molecule is CCCc1nc(N(CC)c2ccccc2)sc1CNCC. The van der Waals surface area contributed by atoms with Crippen molar-refractivity contribution in [2.75, 3.05) is 18.0 Å². The van der Waals surface area contributed by atoms with Crippen molar-refractivity contribution in [1.82, 2.24) is 10.3 Å². The van der Waals surface area contributed by atoms with Crippen LogP contribution in [0.2, 0.25) is 0 Å². The van der Waals surface area contributed by atoms with E-state index in [0.29, 0.717) is 0 Å². The van der Waals surface area contributed by atoms with Crippen LogP contribution in [-0.2, 0) is 13.0 Å². The lowest BCUT2D eigenvalue weighted by atomic mass is 10.2. The number of nitrogens with zero attached hydrogens (tertiary/aromatic N) is 2. The van der Waals surface area contributed by atoms with Crippen LogP contribution in [0.4, 0.5) is 10.8 Å². The zero-order valence-electron chi connectivity index (χ0n) is 13.2. The molecule has 2 aromatic rings. The number of hydrogen-bond acceptors (Lipinski definition) is 4. The Kier molecular flexibility index (Phi) is 6.21. The fraction of sp³-hybridized carbons (Fsp3) is 0.471. The van der Waals surface area contributed by atoms with Crippen molar-refractivity contribution >= 4 is 22.2 Å². The number of nitrogens with one attached hydrogen (secondary N) is 1. The van der Waals surface area contributed by atoms with Gasteiger partial charge < -0.3 is 10.2 Å². The molecule has 1 N–H and O–H groups in total. The summed E-state index contributed by atoms with van der Waals surface area (Å²) in [5.74, 6) is 0. The Balaban J connectivity index is 2.28. The number of para-hydroxylation sites is 1. The van der Waals surface area contributed by atoms with E-state index in [-0.39, 0.29) is 0 Å².